The molecule has 6 heteroatoms. The van der Waals surface area contributed by atoms with Crippen molar-refractivity contribution in [1.82, 2.24) is 4.57 Å². The molecule has 2 N–H and O–H groups in total. The average Bonchev–Trinajstić information content (AvgIpc) is 2.84. The van der Waals surface area contributed by atoms with E-state index < -0.39 is 9.84 Å². The first-order chi connectivity index (χ1) is 11.1. The van der Waals surface area contributed by atoms with Gasteiger partial charge < -0.3 is 10.3 Å². The molecular formula is C18H20N2O2S2. The molecule has 4 rings (SSSR count). The topological polar surface area (TPSA) is 65.1 Å². The first kappa shape index (κ1) is 17.1. The zero-order valence-corrected chi connectivity index (χ0v) is 14.0. The molecule has 4 nitrogen and oxygen atoms in total. The van der Waals surface area contributed by atoms with Crippen molar-refractivity contribution in [2.75, 3.05) is 12.3 Å². The van der Waals surface area contributed by atoms with Gasteiger partial charge in [-0.05, 0) is 23.8 Å². The zero-order valence-electron chi connectivity index (χ0n) is 12.4. The van der Waals surface area contributed by atoms with Gasteiger partial charge in [-0.25, -0.2) is 8.42 Å². The summed E-state index contributed by atoms with van der Waals surface area (Å²) in [5.74, 6) is 0.689. The van der Waals surface area contributed by atoms with Crippen LogP contribution in [0.3, 0.4) is 0 Å². The molecule has 0 saturated carbocycles. The molecule has 2 bridgehead atoms. The SMILES string of the molecule is C.NCCSc1c2n(c3ccccc13)Cc1cccc(c1)S2(=O)=O. The minimum atomic E-state index is -3.54. The number of hydrogen-bond donors (Lipinski definition) is 1. The van der Waals surface area contributed by atoms with E-state index >= 15 is 0 Å². The third kappa shape index (κ3) is 2.46. The summed E-state index contributed by atoms with van der Waals surface area (Å²) in [6, 6.07) is 15.1. The van der Waals surface area contributed by atoms with Crippen molar-refractivity contribution in [3.05, 3.63) is 54.1 Å². The lowest BCUT2D eigenvalue weighted by Gasteiger charge is -2.08. The molecular weight excluding hydrogens is 340 g/mol. The van der Waals surface area contributed by atoms with E-state index in [0.717, 1.165) is 21.4 Å². The van der Waals surface area contributed by atoms with Crippen LogP contribution in [0.25, 0.3) is 10.9 Å². The molecule has 0 saturated heterocycles. The number of hydrogen-bond acceptors (Lipinski definition) is 4. The van der Waals surface area contributed by atoms with Gasteiger partial charge in [0.2, 0.25) is 9.84 Å². The van der Waals surface area contributed by atoms with Crippen LogP contribution in [-0.2, 0) is 16.4 Å². The summed E-state index contributed by atoms with van der Waals surface area (Å²) in [7, 11) is -3.54. The quantitative estimate of drug-likeness (QED) is 0.568. The van der Waals surface area contributed by atoms with Crippen molar-refractivity contribution in [3.8, 4) is 0 Å². The average molecular weight is 361 g/mol. The summed E-state index contributed by atoms with van der Waals surface area (Å²) >= 11 is 1.52. The second kappa shape index (κ2) is 6.27. The highest BCUT2D eigenvalue weighted by Gasteiger charge is 2.31. The lowest BCUT2D eigenvalue weighted by atomic mass is 10.2. The maximum atomic E-state index is 13.2. The second-order valence-corrected chi connectivity index (χ2v) is 8.50. The maximum absolute atomic E-state index is 13.2. The Hall–Kier alpha value is -1.76. The summed E-state index contributed by atoms with van der Waals surface area (Å²) in [5.41, 5.74) is 7.59. The molecule has 1 aromatic heterocycles. The largest absolute Gasteiger partial charge is 0.330 e. The maximum Gasteiger partial charge on any atom is 0.223 e. The molecule has 0 amide bonds. The van der Waals surface area contributed by atoms with Crippen LogP contribution in [0.5, 0.6) is 0 Å². The highest BCUT2D eigenvalue weighted by Crippen LogP contribution is 2.41. The first-order valence-corrected chi connectivity index (χ1v) is 9.88. The molecule has 2 heterocycles. The number of para-hydroxylation sites is 1. The van der Waals surface area contributed by atoms with Gasteiger partial charge >= 0.3 is 0 Å². The van der Waals surface area contributed by atoms with Crippen LogP contribution in [0.2, 0.25) is 0 Å². The van der Waals surface area contributed by atoms with Crippen LogP contribution in [0.1, 0.15) is 13.0 Å². The van der Waals surface area contributed by atoms with Gasteiger partial charge in [0.15, 0.2) is 5.03 Å². The summed E-state index contributed by atoms with van der Waals surface area (Å²) < 4.78 is 28.3. The molecule has 2 aromatic carbocycles. The van der Waals surface area contributed by atoms with E-state index in [1.165, 1.54) is 11.8 Å². The summed E-state index contributed by atoms with van der Waals surface area (Å²) in [6.45, 7) is 1.07. The van der Waals surface area contributed by atoms with Crippen LogP contribution in [0.4, 0.5) is 0 Å². The summed E-state index contributed by atoms with van der Waals surface area (Å²) in [4.78, 5) is 1.18. The van der Waals surface area contributed by atoms with Crippen molar-refractivity contribution in [1.29, 1.82) is 0 Å². The van der Waals surface area contributed by atoms with Crippen LogP contribution in [-0.4, -0.2) is 25.3 Å². The molecule has 0 atom stereocenters. The van der Waals surface area contributed by atoms with Crippen LogP contribution in [0, 0.1) is 0 Å². The molecule has 126 valence electrons. The van der Waals surface area contributed by atoms with Crippen LogP contribution in [0.15, 0.2) is 63.3 Å². The van der Waals surface area contributed by atoms with Gasteiger partial charge in [0.25, 0.3) is 0 Å². The Bertz CT molecular complexity index is 1010. The normalized spacial score (nSPS) is 14.7. The van der Waals surface area contributed by atoms with Gasteiger partial charge in [-0.3, -0.25) is 0 Å². The Morgan fingerprint density at radius 3 is 2.71 bits per heavy atom. The Kier molecular flexibility index (Phi) is 4.46. The zero-order chi connectivity index (χ0) is 16.0. The highest BCUT2D eigenvalue weighted by molar-refractivity contribution is 8.00. The van der Waals surface area contributed by atoms with Crippen LogP contribution < -0.4 is 5.73 Å². The van der Waals surface area contributed by atoms with Crippen LogP contribution >= 0.6 is 11.8 Å². The molecule has 0 radical (unpaired) electrons. The van der Waals surface area contributed by atoms with Gasteiger partial charge in [-0.15, -0.1) is 11.8 Å². The van der Waals surface area contributed by atoms with E-state index in [1.807, 2.05) is 41.0 Å². The molecule has 0 aliphatic carbocycles. The molecule has 0 spiro atoms. The predicted molar refractivity (Wildman–Crippen MR) is 99.4 cm³/mol. The van der Waals surface area contributed by atoms with Gasteiger partial charge in [0, 0.05) is 24.2 Å². The number of rotatable bonds is 3. The smallest absolute Gasteiger partial charge is 0.223 e. The highest BCUT2D eigenvalue weighted by atomic mass is 32.2. The monoisotopic (exact) mass is 360 g/mol. The minimum absolute atomic E-state index is 0. The number of nitrogens with zero attached hydrogens (tertiary/aromatic N) is 1. The number of thioether (sulfide) groups is 1. The Balaban J connectivity index is 0.00000169. The summed E-state index contributed by atoms with van der Waals surface area (Å²) in [6.07, 6.45) is 0. The van der Waals surface area contributed by atoms with Crippen molar-refractivity contribution in [3.63, 3.8) is 0 Å². The molecule has 0 unspecified atom stereocenters. The second-order valence-electron chi connectivity index (χ2n) is 5.53. The summed E-state index contributed by atoms with van der Waals surface area (Å²) in [5, 5.41) is 1.38. The van der Waals surface area contributed by atoms with E-state index in [2.05, 4.69) is 0 Å². The molecule has 0 fully saturated rings. The lowest BCUT2D eigenvalue weighted by molar-refractivity contribution is 0.582. The van der Waals surface area contributed by atoms with Crippen molar-refractivity contribution in [2.24, 2.45) is 5.73 Å². The number of benzene rings is 2. The van der Waals surface area contributed by atoms with E-state index in [4.69, 9.17) is 5.73 Å². The van der Waals surface area contributed by atoms with Crippen molar-refractivity contribution < 1.29 is 8.42 Å². The van der Waals surface area contributed by atoms with Gasteiger partial charge in [0.05, 0.1) is 15.3 Å². The molecule has 1 aliphatic heterocycles. The molecule has 24 heavy (non-hydrogen) atoms. The molecule has 3 aromatic rings. The number of sulfone groups is 1. The van der Waals surface area contributed by atoms with Crippen molar-refractivity contribution in [2.45, 2.75) is 28.8 Å². The fraction of sp³-hybridized carbons (Fsp3) is 0.222. The standard InChI is InChI=1S/C17H16N2O2S2.CH4/c18-8-9-22-16-14-6-1-2-7-15(14)19-11-12-4-3-5-13(10-12)23(20,21)17(16)19;/h1-7,10H,8-9,11,18H2;1H4. The number of nitrogens with two attached hydrogens (primary N) is 1. The van der Waals surface area contributed by atoms with Crippen molar-refractivity contribution >= 4 is 32.5 Å². The van der Waals surface area contributed by atoms with Gasteiger partial charge in [0.1, 0.15) is 0 Å². The van der Waals surface area contributed by atoms with E-state index in [1.54, 1.807) is 12.1 Å². The Labute approximate surface area is 146 Å². The Morgan fingerprint density at radius 2 is 1.92 bits per heavy atom. The number of fused-ring (bicyclic) bond motifs is 5. The fourth-order valence-corrected chi connectivity index (χ4v) is 6.06. The minimum Gasteiger partial charge on any atom is -0.330 e. The fourth-order valence-electron chi connectivity index (χ4n) is 3.08. The lowest BCUT2D eigenvalue weighted by Crippen LogP contribution is -2.09. The van der Waals surface area contributed by atoms with E-state index in [0.29, 0.717) is 28.8 Å². The van der Waals surface area contributed by atoms with E-state index in [-0.39, 0.29) is 7.43 Å². The van der Waals surface area contributed by atoms with Gasteiger partial charge in [-0.1, -0.05) is 37.8 Å². The molecule has 1 aliphatic rings. The van der Waals surface area contributed by atoms with Gasteiger partial charge in [-0.2, -0.15) is 0 Å². The van der Waals surface area contributed by atoms with E-state index in [9.17, 15) is 8.42 Å². The Morgan fingerprint density at radius 1 is 1.12 bits per heavy atom. The third-order valence-electron chi connectivity index (χ3n) is 4.05. The first-order valence-electron chi connectivity index (χ1n) is 7.41. The number of aromatic nitrogens is 1. The third-order valence-corrected chi connectivity index (χ3v) is 7.13. The predicted octanol–water partition coefficient (Wildman–Crippen LogP) is 3.52.